The quantitative estimate of drug-likeness (QED) is 0.726. The van der Waals surface area contributed by atoms with Gasteiger partial charge < -0.3 is 10.6 Å². The Labute approximate surface area is 158 Å². The number of hydrogen-bond donors (Lipinski definition) is 2. The SMILES string of the molecule is Cc1ccc(C)c(C(=O)Nc2ccccc2C(=O)NCc2cccnc2)c1. The Morgan fingerprint density at radius 3 is 2.52 bits per heavy atom. The highest BCUT2D eigenvalue weighted by molar-refractivity contribution is 6.09. The van der Waals surface area contributed by atoms with Crippen LogP contribution in [0.15, 0.2) is 67.0 Å². The first kappa shape index (κ1) is 18.3. The fraction of sp³-hybridized carbons (Fsp3) is 0.136. The second-order valence-corrected chi connectivity index (χ2v) is 6.36. The minimum atomic E-state index is -0.254. The van der Waals surface area contributed by atoms with Gasteiger partial charge in [0.1, 0.15) is 0 Å². The molecule has 5 heteroatoms. The maximum Gasteiger partial charge on any atom is 0.255 e. The number of hydrogen-bond acceptors (Lipinski definition) is 3. The number of anilines is 1. The van der Waals surface area contributed by atoms with Crippen molar-refractivity contribution in [2.24, 2.45) is 0 Å². The molecule has 0 aliphatic carbocycles. The van der Waals surface area contributed by atoms with Gasteiger partial charge in [-0.05, 0) is 49.2 Å². The minimum Gasteiger partial charge on any atom is -0.348 e. The van der Waals surface area contributed by atoms with Crippen LogP contribution < -0.4 is 10.6 Å². The van der Waals surface area contributed by atoms with Gasteiger partial charge in [-0.3, -0.25) is 14.6 Å². The van der Waals surface area contributed by atoms with Gasteiger partial charge in [-0.15, -0.1) is 0 Å². The molecule has 0 saturated heterocycles. The third kappa shape index (κ3) is 4.58. The molecule has 27 heavy (non-hydrogen) atoms. The average Bonchev–Trinajstić information content (AvgIpc) is 2.69. The second kappa shape index (κ2) is 8.27. The van der Waals surface area contributed by atoms with Crippen LogP contribution >= 0.6 is 0 Å². The number of para-hydroxylation sites is 1. The first-order chi connectivity index (χ1) is 13.0. The van der Waals surface area contributed by atoms with Gasteiger partial charge in [-0.25, -0.2) is 0 Å². The first-order valence-electron chi connectivity index (χ1n) is 8.69. The lowest BCUT2D eigenvalue weighted by atomic mass is 10.0. The number of carbonyl (C=O) groups excluding carboxylic acids is 2. The lowest BCUT2D eigenvalue weighted by Gasteiger charge is -2.13. The van der Waals surface area contributed by atoms with Crippen LogP contribution in [0.2, 0.25) is 0 Å². The summed E-state index contributed by atoms with van der Waals surface area (Å²) in [5.41, 5.74) is 4.29. The first-order valence-corrected chi connectivity index (χ1v) is 8.69. The Morgan fingerprint density at radius 2 is 1.74 bits per heavy atom. The van der Waals surface area contributed by atoms with Crippen molar-refractivity contribution in [2.45, 2.75) is 20.4 Å². The number of aryl methyl sites for hydroxylation is 2. The number of nitrogens with zero attached hydrogens (tertiary/aromatic N) is 1. The fourth-order valence-electron chi connectivity index (χ4n) is 2.74. The lowest BCUT2D eigenvalue weighted by Crippen LogP contribution is -2.25. The Bertz CT molecular complexity index is 968. The third-order valence-corrected chi connectivity index (χ3v) is 4.23. The molecule has 2 N–H and O–H groups in total. The summed E-state index contributed by atoms with van der Waals surface area (Å²) in [5, 5.41) is 5.72. The summed E-state index contributed by atoms with van der Waals surface area (Å²) in [5.74, 6) is -0.487. The summed E-state index contributed by atoms with van der Waals surface area (Å²) in [6.07, 6.45) is 3.39. The molecule has 1 aromatic heterocycles. The molecule has 2 aromatic carbocycles. The maximum absolute atomic E-state index is 12.7. The monoisotopic (exact) mass is 359 g/mol. The number of pyridine rings is 1. The molecule has 136 valence electrons. The highest BCUT2D eigenvalue weighted by atomic mass is 16.2. The van der Waals surface area contributed by atoms with Gasteiger partial charge in [-0.1, -0.05) is 35.9 Å². The Kier molecular flexibility index (Phi) is 5.61. The molecule has 0 aliphatic heterocycles. The molecule has 5 nitrogen and oxygen atoms in total. The van der Waals surface area contributed by atoms with Crippen LogP contribution in [0, 0.1) is 13.8 Å². The van der Waals surface area contributed by atoms with Gasteiger partial charge in [0.05, 0.1) is 11.3 Å². The Hall–Kier alpha value is -3.47. The highest BCUT2D eigenvalue weighted by Crippen LogP contribution is 2.18. The molecule has 0 unspecified atom stereocenters. The van der Waals surface area contributed by atoms with Gasteiger partial charge in [0, 0.05) is 24.5 Å². The summed E-state index contributed by atoms with van der Waals surface area (Å²) >= 11 is 0. The van der Waals surface area contributed by atoms with Crippen LogP contribution in [-0.4, -0.2) is 16.8 Å². The Balaban J connectivity index is 1.76. The van der Waals surface area contributed by atoms with E-state index < -0.39 is 0 Å². The summed E-state index contributed by atoms with van der Waals surface area (Å²) in [6, 6.07) is 16.4. The van der Waals surface area contributed by atoms with Gasteiger partial charge in [0.25, 0.3) is 11.8 Å². The van der Waals surface area contributed by atoms with E-state index in [1.54, 1.807) is 36.7 Å². The zero-order valence-corrected chi connectivity index (χ0v) is 15.3. The number of rotatable bonds is 5. The van der Waals surface area contributed by atoms with E-state index in [1.807, 2.05) is 44.2 Å². The van der Waals surface area contributed by atoms with E-state index in [4.69, 9.17) is 0 Å². The van der Waals surface area contributed by atoms with Crippen LogP contribution in [-0.2, 0) is 6.54 Å². The topological polar surface area (TPSA) is 71.1 Å². The van der Waals surface area contributed by atoms with Crippen molar-refractivity contribution >= 4 is 17.5 Å². The molecular weight excluding hydrogens is 338 g/mol. The molecule has 0 spiro atoms. The van der Waals surface area contributed by atoms with E-state index in [-0.39, 0.29) is 11.8 Å². The number of aromatic nitrogens is 1. The average molecular weight is 359 g/mol. The molecular formula is C22H21N3O2. The molecule has 0 fully saturated rings. The molecule has 1 heterocycles. The predicted molar refractivity (Wildman–Crippen MR) is 106 cm³/mol. The van der Waals surface area contributed by atoms with Crippen molar-refractivity contribution in [1.29, 1.82) is 0 Å². The van der Waals surface area contributed by atoms with Crippen molar-refractivity contribution in [1.82, 2.24) is 10.3 Å². The maximum atomic E-state index is 12.7. The molecule has 0 saturated carbocycles. The van der Waals surface area contributed by atoms with E-state index in [2.05, 4.69) is 15.6 Å². The van der Waals surface area contributed by atoms with E-state index in [9.17, 15) is 9.59 Å². The van der Waals surface area contributed by atoms with Gasteiger partial charge in [0.2, 0.25) is 0 Å². The van der Waals surface area contributed by atoms with Crippen LogP contribution in [0.25, 0.3) is 0 Å². The summed E-state index contributed by atoms with van der Waals surface area (Å²) in [7, 11) is 0. The van der Waals surface area contributed by atoms with Crippen LogP contribution in [0.5, 0.6) is 0 Å². The highest BCUT2D eigenvalue weighted by Gasteiger charge is 2.15. The largest absolute Gasteiger partial charge is 0.348 e. The van der Waals surface area contributed by atoms with E-state index in [1.165, 1.54) is 0 Å². The van der Waals surface area contributed by atoms with Crippen molar-refractivity contribution < 1.29 is 9.59 Å². The van der Waals surface area contributed by atoms with Crippen LogP contribution in [0.1, 0.15) is 37.4 Å². The molecule has 3 aromatic rings. The third-order valence-electron chi connectivity index (χ3n) is 4.23. The number of benzene rings is 2. The zero-order valence-electron chi connectivity index (χ0n) is 15.3. The summed E-state index contributed by atoms with van der Waals surface area (Å²) in [4.78, 5) is 29.3. The van der Waals surface area contributed by atoms with Gasteiger partial charge in [-0.2, -0.15) is 0 Å². The number of nitrogens with one attached hydrogen (secondary N) is 2. The predicted octanol–water partition coefficient (Wildman–Crippen LogP) is 3.88. The summed E-state index contributed by atoms with van der Waals surface area (Å²) < 4.78 is 0. The fourth-order valence-corrected chi connectivity index (χ4v) is 2.74. The smallest absolute Gasteiger partial charge is 0.255 e. The second-order valence-electron chi connectivity index (χ2n) is 6.36. The van der Waals surface area contributed by atoms with Crippen LogP contribution in [0.4, 0.5) is 5.69 Å². The minimum absolute atomic E-state index is 0.233. The summed E-state index contributed by atoms with van der Waals surface area (Å²) in [6.45, 7) is 4.20. The van der Waals surface area contributed by atoms with Crippen molar-refractivity contribution in [3.05, 3.63) is 94.8 Å². The van der Waals surface area contributed by atoms with E-state index >= 15 is 0 Å². The van der Waals surface area contributed by atoms with E-state index in [0.717, 1.165) is 16.7 Å². The molecule has 0 aliphatic rings. The van der Waals surface area contributed by atoms with Crippen molar-refractivity contribution in [3.63, 3.8) is 0 Å². The van der Waals surface area contributed by atoms with Crippen LogP contribution in [0.3, 0.4) is 0 Å². The van der Waals surface area contributed by atoms with Gasteiger partial charge in [0.15, 0.2) is 0 Å². The zero-order chi connectivity index (χ0) is 19.2. The number of amides is 2. The normalized spacial score (nSPS) is 10.3. The van der Waals surface area contributed by atoms with E-state index in [0.29, 0.717) is 23.4 Å². The van der Waals surface area contributed by atoms with Gasteiger partial charge >= 0.3 is 0 Å². The molecule has 0 atom stereocenters. The van der Waals surface area contributed by atoms with Crippen molar-refractivity contribution in [3.8, 4) is 0 Å². The Morgan fingerprint density at radius 1 is 0.926 bits per heavy atom. The molecule has 2 amide bonds. The number of carbonyl (C=O) groups is 2. The molecule has 0 bridgehead atoms. The molecule has 3 rings (SSSR count). The van der Waals surface area contributed by atoms with Crippen molar-refractivity contribution in [2.75, 3.05) is 5.32 Å². The molecule has 0 radical (unpaired) electrons. The lowest BCUT2D eigenvalue weighted by molar-refractivity contribution is 0.0951. The standard InChI is InChI=1S/C22H21N3O2/c1-15-9-10-16(2)19(12-15)22(27)25-20-8-4-3-7-18(20)21(26)24-14-17-6-5-11-23-13-17/h3-13H,14H2,1-2H3,(H,24,26)(H,25,27).